The Kier molecular flexibility index (Phi) is 15.3. The Labute approximate surface area is 408 Å². The van der Waals surface area contributed by atoms with Crippen molar-refractivity contribution in [3.05, 3.63) is 94.5 Å². The number of halogens is 3. The number of ether oxygens (including phenoxy) is 3. The molecule has 0 radical (unpaired) electrons. The molecule has 0 saturated carbocycles. The topological polar surface area (TPSA) is 240 Å². The molecule has 0 aliphatic carbocycles. The Bertz CT molecular complexity index is 2770. The summed E-state index contributed by atoms with van der Waals surface area (Å²) in [5.74, 6) is -7.76. The Morgan fingerprint density at radius 3 is 2.20 bits per heavy atom. The number of fused-ring (bicyclic) bond motifs is 14. The SMILES string of the molecule is CO[C@H]1/C=C/O[C@@]2(C)Oc3c(C)c(O)c4c(O)c(c(/C=N/N5CCN(Cc6cc(-c7ccc(C(F)(F)F)cc7)no6)CC5)c(O)c4c3C2=O)NC(=O)/C(C)=C\C=C\[C@H](C)[C@H](O)[C@@H](C)[C@@H](O)[C@@H](C)[C@H](O)[C@@H]1C. The predicted octanol–water partition coefficient (Wildman–Crippen LogP) is 7.01. The van der Waals surface area contributed by atoms with Crippen LogP contribution in [0.2, 0.25) is 0 Å². The number of anilines is 1. The molecule has 17 nitrogen and oxygen atoms in total. The van der Waals surface area contributed by atoms with Crippen LogP contribution in [0.15, 0.2) is 76.1 Å². The number of Topliss-reactive ketones (excluding diaryl/α,β-unsaturated/α-hetero) is 1. The molecule has 71 heavy (non-hydrogen) atoms. The molecule has 0 spiro atoms. The number of amides is 1. The molecule has 5 heterocycles. The maximum absolute atomic E-state index is 14.5. The van der Waals surface area contributed by atoms with Crippen molar-refractivity contribution in [1.82, 2.24) is 15.1 Å². The van der Waals surface area contributed by atoms with Gasteiger partial charge in [0.25, 0.3) is 11.7 Å². The molecule has 4 aliphatic rings. The molecule has 382 valence electrons. The van der Waals surface area contributed by atoms with Crippen molar-refractivity contribution in [3.63, 3.8) is 0 Å². The molecule has 1 fully saturated rings. The Morgan fingerprint density at radius 2 is 1.55 bits per heavy atom. The second kappa shape index (κ2) is 20.7. The van der Waals surface area contributed by atoms with Crippen LogP contribution in [0.4, 0.5) is 18.9 Å². The van der Waals surface area contributed by atoms with E-state index in [-0.39, 0.29) is 44.5 Å². The van der Waals surface area contributed by atoms with Gasteiger partial charge in [0.05, 0.1) is 71.2 Å². The molecule has 20 heteroatoms. The summed E-state index contributed by atoms with van der Waals surface area (Å²) in [5, 5.41) is 82.3. The number of aromatic hydroxyl groups is 3. The smallest absolute Gasteiger partial charge is 0.416 e. The zero-order valence-corrected chi connectivity index (χ0v) is 40.6. The highest BCUT2D eigenvalue weighted by Crippen LogP contribution is 2.55. The van der Waals surface area contributed by atoms with Gasteiger partial charge in [0.15, 0.2) is 11.5 Å². The average molecular weight is 992 g/mol. The molecule has 7 N–H and O–H groups in total. The van der Waals surface area contributed by atoms with Gasteiger partial charge < -0.3 is 54.7 Å². The minimum atomic E-state index is -4.47. The van der Waals surface area contributed by atoms with Gasteiger partial charge in [-0.1, -0.05) is 63.2 Å². The molecule has 4 aliphatic heterocycles. The standard InChI is InChI=1S/C51H60F3N5O12/c1-25-10-9-11-26(2)49(67)56-40-34(23-55-59-19-17-58(18-20-59)24-33-22-35(57-71-33)31-12-14-32(15-13-31)51(52,53)54)45(64)37-38(46(40)65)44(63)30(6)47-39(37)48(66)50(7,70-47)69-21-16-36(68-8)27(3)42(61)29(5)43(62)28(4)41(25)60/h9-16,21-23,25,27-29,36,41-43,60-65H,17-20,24H2,1-8H3,(H,56,67)/b10-9+,21-16+,26-11-,55-23+/t25-,27+,28+,29-,36-,41-,42+,43+,50-/m0/s1. The van der Waals surface area contributed by atoms with Gasteiger partial charge in [-0.2, -0.15) is 18.3 Å². The van der Waals surface area contributed by atoms with Gasteiger partial charge in [0, 0.05) is 92.0 Å². The minimum absolute atomic E-state index is 0.0147. The number of aliphatic hydroxyl groups is 3. The van der Waals surface area contributed by atoms with Gasteiger partial charge in [0.2, 0.25) is 0 Å². The van der Waals surface area contributed by atoms with Crippen LogP contribution in [0.25, 0.3) is 22.0 Å². The van der Waals surface area contributed by atoms with E-state index < -0.39 is 94.6 Å². The van der Waals surface area contributed by atoms with Gasteiger partial charge in [-0.25, -0.2) is 0 Å². The number of carbonyl (C=O) groups is 2. The van der Waals surface area contributed by atoms with Crippen LogP contribution in [0.5, 0.6) is 23.0 Å². The summed E-state index contributed by atoms with van der Waals surface area (Å²) in [6.45, 7) is 13.0. The number of hydrogen-bond acceptors (Lipinski definition) is 16. The Morgan fingerprint density at radius 1 is 0.901 bits per heavy atom. The van der Waals surface area contributed by atoms with Gasteiger partial charge in [-0.15, -0.1) is 0 Å². The van der Waals surface area contributed by atoms with Crippen molar-refractivity contribution in [1.29, 1.82) is 0 Å². The number of piperazine rings is 1. The fraction of sp³-hybridized carbons (Fsp3) is 0.451. The number of hydrogen-bond donors (Lipinski definition) is 7. The molecule has 1 amide bonds. The van der Waals surface area contributed by atoms with E-state index in [1.165, 1.54) is 64.6 Å². The summed E-state index contributed by atoms with van der Waals surface area (Å²) < 4.78 is 62.5. The number of hydrazone groups is 1. The number of benzene rings is 3. The molecule has 1 aromatic heterocycles. The molecule has 8 rings (SSSR count). The third-order valence-corrected chi connectivity index (χ3v) is 13.9. The summed E-state index contributed by atoms with van der Waals surface area (Å²) in [4.78, 5) is 30.5. The quantitative estimate of drug-likeness (QED) is 0.0584. The third kappa shape index (κ3) is 10.5. The summed E-state index contributed by atoms with van der Waals surface area (Å²) in [7, 11) is 1.42. The highest BCUT2D eigenvalue weighted by molar-refractivity contribution is 6.23. The van der Waals surface area contributed by atoms with E-state index in [4.69, 9.17) is 18.7 Å². The van der Waals surface area contributed by atoms with Crippen molar-refractivity contribution in [3.8, 4) is 34.3 Å². The number of nitrogens with one attached hydrogen (secondary N) is 1. The van der Waals surface area contributed by atoms with E-state index in [1.54, 1.807) is 50.9 Å². The van der Waals surface area contributed by atoms with Crippen molar-refractivity contribution in [2.45, 2.75) is 91.4 Å². The second-order valence-electron chi connectivity index (χ2n) is 18.8. The van der Waals surface area contributed by atoms with Crippen LogP contribution in [0, 0.1) is 30.6 Å². The lowest BCUT2D eigenvalue weighted by Crippen LogP contribution is -2.44. The normalized spacial score (nSPS) is 29.0. The zero-order valence-electron chi connectivity index (χ0n) is 40.6. The molecular formula is C51H60F3N5O12. The molecule has 3 aromatic carbocycles. The number of alkyl halides is 3. The van der Waals surface area contributed by atoms with E-state index in [1.807, 2.05) is 4.90 Å². The van der Waals surface area contributed by atoms with E-state index >= 15 is 0 Å². The van der Waals surface area contributed by atoms with Crippen molar-refractivity contribution in [2.75, 3.05) is 38.6 Å². The number of phenolic OH excluding ortho intramolecular Hbond substituents is 3. The lowest BCUT2D eigenvalue weighted by Gasteiger charge is -2.36. The predicted molar refractivity (Wildman–Crippen MR) is 256 cm³/mol. The Balaban J connectivity index is 1.22. The first-order chi connectivity index (χ1) is 33.5. The maximum atomic E-state index is 14.5. The highest BCUT2D eigenvalue weighted by Gasteiger charge is 2.50. The summed E-state index contributed by atoms with van der Waals surface area (Å²) in [6, 6.07) is 6.27. The molecule has 9 atom stereocenters. The molecule has 1 saturated heterocycles. The van der Waals surface area contributed by atoms with Gasteiger partial charge >= 0.3 is 12.0 Å². The van der Waals surface area contributed by atoms with E-state index in [0.717, 1.165) is 12.1 Å². The summed E-state index contributed by atoms with van der Waals surface area (Å²) >= 11 is 0. The van der Waals surface area contributed by atoms with Crippen LogP contribution in [0.3, 0.4) is 0 Å². The zero-order chi connectivity index (χ0) is 51.9. The van der Waals surface area contributed by atoms with Gasteiger partial charge in [-0.3, -0.25) is 19.5 Å². The average Bonchev–Trinajstić information content (AvgIpc) is 3.92. The number of allylic oxidation sites excluding steroid dienone is 2. The van der Waals surface area contributed by atoms with Crippen molar-refractivity contribution >= 4 is 34.4 Å². The number of aliphatic hydroxyl groups excluding tert-OH is 3. The van der Waals surface area contributed by atoms with E-state index in [0.29, 0.717) is 49.7 Å². The van der Waals surface area contributed by atoms with Crippen molar-refractivity contribution in [2.24, 2.45) is 28.8 Å². The van der Waals surface area contributed by atoms with E-state index in [2.05, 4.69) is 15.6 Å². The minimum Gasteiger partial charge on any atom is -0.507 e. The van der Waals surface area contributed by atoms with Crippen LogP contribution in [-0.4, -0.2) is 127 Å². The fourth-order valence-electron chi connectivity index (χ4n) is 9.21. The monoisotopic (exact) mass is 991 g/mol. The number of phenols is 3. The largest absolute Gasteiger partial charge is 0.507 e. The number of carbonyl (C=O) groups excluding carboxylic acids is 2. The van der Waals surface area contributed by atoms with Crippen LogP contribution in [0.1, 0.15) is 74.4 Å². The maximum Gasteiger partial charge on any atom is 0.416 e. The summed E-state index contributed by atoms with van der Waals surface area (Å²) in [5.41, 5.74) is -0.588. The lowest BCUT2D eigenvalue weighted by molar-refractivity contribution is -0.137. The van der Waals surface area contributed by atoms with Crippen LogP contribution in [-0.2, 0) is 27.0 Å². The first kappa shape index (κ1) is 52.4. The number of aromatic nitrogens is 1. The summed E-state index contributed by atoms with van der Waals surface area (Å²) in [6.07, 6.45) is -0.0944. The van der Waals surface area contributed by atoms with Crippen molar-refractivity contribution < 1.29 is 72.1 Å². The van der Waals surface area contributed by atoms with Crippen LogP contribution < -0.4 is 10.1 Å². The molecule has 4 aromatic rings. The van der Waals surface area contributed by atoms with Crippen LogP contribution >= 0.6 is 0 Å². The first-order valence-electron chi connectivity index (χ1n) is 23.2. The lowest BCUT2D eigenvalue weighted by atomic mass is 9.78. The second-order valence-corrected chi connectivity index (χ2v) is 18.8. The number of methoxy groups -OCH3 is 1. The number of rotatable bonds is 6. The first-order valence-corrected chi connectivity index (χ1v) is 23.2. The molecule has 0 unspecified atom stereocenters. The number of nitrogens with zero attached hydrogens (tertiary/aromatic N) is 4. The van der Waals surface area contributed by atoms with Gasteiger partial charge in [0.1, 0.15) is 22.9 Å². The Hall–Kier alpha value is -6.45. The fourth-order valence-corrected chi connectivity index (χ4v) is 9.21. The van der Waals surface area contributed by atoms with E-state index in [9.17, 15) is 53.4 Å². The van der Waals surface area contributed by atoms with Gasteiger partial charge in [-0.05, 0) is 32.1 Å². The molecular weight excluding hydrogens is 932 g/mol. The molecule has 5 bridgehead atoms. The third-order valence-electron chi connectivity index (χ3n) is 13.9. The highest BCUT2D eigenvalue weighted by atomic mass is 19.4. The number of ketones is 1.